The summed E-state index contributed by atoms with van der Waals surface area (Å²) in [5.41, 5.74) is 1.83. The maximum Gasteiger partial charge on any atom is 0.249 e. The van der Waals surface area contributed by atoms with Crippen LogP contribution in [0.4, 0.5) is 21.6 Å². The van der Waals surface area contributed by atoms with Crippen molar-refractivity contribution in [2.45, 2.75) is 6.92 Å². The Bertz CT molecular complexity index is 887. The SMILES string of the molecule is [C-]#[N+]c1c(C)nc(-c2ccccc2F)nc1Nc1ccncc1. The summed E-state index contributed by atoms with van der Waals surface area (Å²) in [6.07, 6.45) is 3.26. The topological polar surface area (TPSA) is 55.1 Å². The highest BCUT2D eigenvalue weighted by atomic mass is 19.1. The second-order valence-corrected chi connectivity index (χ2v) is 4.78. The van der Waals surface area contributed by atoms with E-state index in [2.05, 4.69) is 25.1 Å². The number of aryl methyl sites for hydroxylation is 1. The summed E-state index contributed by atoms with van der Waals surface area (Å²) in [4.78, 5) is 16.0. The molecule has 0 unspecified atom stereocenters. The molecule has 3 rings (SSSR count). The molecule has 0 aliphatic heterocycles. The predicted octanol–water partition coefficient (Wildman–Crippen LogP) is 4.28. The van der Waals surface area contributed by atoms with Gasteiger partial charge in [0.2, 0.25) is 5.69 Å². The molecule has 5 nitrogen and oxygen atoms in total. The van der Waals surface area contributed by atoms with Crippen molar-refractivity contribution in [3.63, 3.8) is 0 Å². The van der Waals surface area contributed by atoms with E-state index in [1.54, 1.807) is 49.6 Å². The van der Waals surface area contributed by atoms with Gasteiger partial charge in [0.05, 0.1) is 17.8 Å². The van der Waals surface area contributed by atoms with Crippen LogP contribution in [0.2, 0.25) is 0 Å². The molecule has 0 saturated carbocycles. The van der Waals surface area contributed by atoms with Gasteiger partial charge in [-0.3, -0.25) is 4.98 Å². The van der Waals surface area contributed by atoms with Gasteiger partial charge in [0.1, 0.15) is 11.6 Å². The molecule has 3 aromatic rings. The molecule has 0 fully saturated rings. The Morgan fingerprint density at radius 3 is 2.52 bits per heavy atom. The first-order valence-electron chi connectivity index (χ1n) is 6.87. The van der Waals surface area contributed by atoms with Gasteiger partial charge in [0, 0.05) is 18.1 Å². The lowest BCUT2D eigenvalue weighted by Gasteiger charge is -2.11. The predicted molar refractivity (Wildman–Crippen MR) is 85.9 cm³/mol. The Kier molecular flexibility index (Phi) is 3.93. The van der Waals surface area contributed by atoms with Crippen LogP contribution >= 0.6 is 0 Å². The molecule has 0 bridgehead atoms. The van der Waals surface area contributed by atoms with Crippen molar-refractivity contribution in [3.05, 3.63) is 71.7 Å². The summed E-state index contributed by atoms with van der Waals surface area (Å²) < 4.78 is 14.0. The lowest BCUT2D eigenvalue weighted by molar-refractivity contribution is 0.630. The first-order valence-corrected chi connectivity index (χ1v) is 6.87. The van der Waals surface area contributed by atoms with E-state index in [0.717, 1.165) is 5.69 Å². The van der Waals surface area contributed by atoms with Crippen molar-refractivity contribution in [2.24, 2.45) is 0 Å². The van der Waals surface area contributed by atoms with Crippen LogP contribution in [-0.4, -0.2) is 15.0 Å². The molecule has 0 aliphatic carbocycles. The van der Waals surface area contributed by atoms with Crippen molar-refractivity contribution >= 4 is 17.2 Å². The second kappa shape index (κ2) is 6.20. The molecular formula is C17H12FN5. The van der Waals surface area contributed by atoms with E-state index in [9.17, 15) is 4.39 Å². The minimum Gasteiger partial charge on any atom is -0.349 e. The van der Waals surface area contributed by atoms with E-state index in [4.69, 9.17) is 6.57 Å². The quantitative estimate of drug-likeness (QED) is 0.734. The van der Waals surface area contributed by atoms with Gasteiger partial charge in [-0.1, -0.05) is 12.1 Å². The number of nitrogens with one attached hydrogen (secondary N) is 1. The van der Waals surface area contributed by atoms with Crippen LogP contribution in [0.5, 0.6) is 0 Å². The molecule has 0 amide bonds. The zero-order chi connectivity index (χ0) is 16.2. The Labute approximate surface area is 132 Å². The zero-order valence-corrected chi connectivity index (χ0v) is 12.3. The maximum absolute atomic E-state index is 14.0. The Morgan fingerprint density at radius 2 is 1.83 bits per heavy atom. The third kappa shape index (κ3) is 2.99. The van der Waals surface area contributed by atoms with E-state index >= 15 is 0 Å². The summed E-state index contributed by atoms with van der Waals surface area (Å²) in [6.45, 7) is 9.03. The zero-order valence-electron chi connectivity index (χ0n) is 12.3. The first-order chi connectivity index (χ1) is 11.2. The monoisotopic (exact) mass is 305 g/mol. The molecule has 2 heterocycles. The number of benzene rings is 1. The number of hydrogen-bond acceptors (Lipinski definition) is 4. The second-order valence-electron chi connectivity index (χ2n) is 4.78. The first kappa shape index (κ1) is 14.6. The van der Waals surface area contributed by atoms with E-state index in [0.29, 0.717) is 22.8 Å². The fourth-order valence-corrected chi connectivity index (χ4v) is 2.12. The van der Waals surface area contributed by atoms with Gasteiger partial charge in [-0.05, 0) is 31.2 Å². The number of nitrogens with zero attached hydrogens (tertiary/aromatic N) is 4. The molecular weight excluding hydrogens is 293 g/mol. The van der Waals surface area contributed by atoms with Crippen molar-refractivity contribution in [2.75, 3.05) is 5.32 Å². The van der Waals surface area contributed by atoms with E-state index in [1.807, 2.05) is 0 Å². The summed E-state index contributed by atoms with van der Waals surface area (Å²) in [6, 6.07) is 9.80. The summed E-state index contributed by atoms with van der Waals surface area (Å²) in [7, 11) is 0. The lowest BCUT2D eigenvalue weighted by Crippen LogP contribution is -2.01. The summed E-state index contributed by atoms with van der Waals surface area (Å²) in [5.74, 6) is 0.179. The molecule has 0 radical (unpaired) electrons. The van der Waals surface area contributed by atoms with Crippen LogP contribution in [-0.2, 0) is 0 Å². The molecule has 2 aromatic heterocycles. The molecule has 1 N–H and O–H groups in total. The van der Waals surface area contributed by atoms with Gasteiger partial charge in [0.25, 0.3) is 0 Å². The lowest BCUT2D eigenvalue weighted by atomic mass is 10.2. The molecule has 0 atom stereocenters. The molecule has 6 heteroatoms. The highest BCUT2D eigenvalue weighted by Crippen LogP contribution is 2.31. The van der Waals surface area contributed by atoms with Gasteiger partial charge in [-0.25, -0.2) is 19.2 Å². The standard InChI is InChI=1S/C17H12FN5/c1-11-15(19-2)17(22-12-7-9-20-10-8-12)23-16(21-11)13-5-3-4-6-14(13)18/h3-10H,1H3,(H,20,21,22,23). The third-order valence-corrected chi connectivity index (χ3v) is 3.23. The van der Waals surface area contributed by atoms with Crippen LogP contribution in [0, 0.1) is 19.3 Å². The van der Waals surface area contributed by atoms with Gasteiger partial charge < -0.3 is 5.32 Å². The Balaban J connectivity index is 2.11. The Morgan fingerprint density at radius 1 is 1.09 bits per heavy atom. The number of aromatic nitrogens is 3. The number of halogens is 1. The highest BCUT2D eigenvalue weighted by Gasteiger charge is 2.15. The number of pyridine rings is 1. The normalized spacial score (nSPS) is 10.1. The Hall–Kier alpha value is -3.33. The van der Waals surface area contributed by atoms with Gasteiger partial charge in [-0.2, -0.15) is 0 Å². The fourth-order valence-electron chi connectivity index (χ4n) is 2.12. The maximum atomic E-state index is 14.0. The van der Waals surface area contributed by atoms with Crippen LogP contribution in [0.3, 0.4) is 0 Å². The van der Waals surface area contributed by atoms with Crippen molar-refractivity contribution < 1.29 is 4.39 Å². The molecule has 0 aliphatic rings. The fraction of sp³-hybridized carbons (Fsp3) is 0.0588. The van der Waals surface area contributed by atoms with E-state index < -0.39 is 5.82 Å². The van der Waals surface area contributed by atoms with Gasteiger partial charge >= 0.3 is 0 Å². The summed E-state index contributed by atoms with van der Waals surface area (Å²) >= 11 is 0. The molecule has 0 spiro atoms. The average molecular weight is 305 g/mol. The van der Waals surface area contributed by atoms with E-state index in [-0.39, 0.29) is 5.82 Å². The smallest absolute Gasteiger partial charge is 0.249 e. The van der Waals surface area contributed by atoms with Crippen LogP contribution in [0.1, 0.15) is 5.69 Å². The van der Waals surface area contributed by atoms with Crippen molar-refractivity contribution in [1.29, 1.82) is 0 Å². The van der Waals surface area contributed by atoms with Crippen LogP contribution in [0.25, 0.3) is 16.2 Å². The molecule has 1 aromatic carbocycles. The van der Waals surface area contributed by atoms with Crippen molar-refractivity contribution in [1.82, 2.24) is 15.0 Å². The third-order valence-electron chi connectivity index (χ3n) is 3.23. The van der Waals surface area contributed by atoms with Crippen LogP contribution < -0.4 is 5.32 Å². The molecule has 0 saturated heterocycles. The largest absolute Gasteiger partial charge is 0.349 e. The number of hydrogen-bond donors (Lipinski definition) is 1. The number of rotatable bonds is 3. The van der Waals surface area contributed by atoms with Gasteiger partial charge in [-0.15, -0.1) is 0 Å². The minimum atomic E-state index is -0.405. The number of anilines is 2. The van der Waals surface area contributed by atoms with Crippen LogP contribution in [0.15, 0.2) is 48.8 Å². The minimum absolute atomic E-state index is 0.240. The van der Waals surface area contributed by atoms with Crippen molar-refractivity contribution in [3.8, 4) is 11.4 Å². The van der Waals surface area contributed by atoms with Gasteiger partial charge in [0.15, 0.2) is 5.82 Å². The van der Waals surface area contributed by atoms with E-state index in [1.165, 1.54) is 6.07 Å². The summed E-state index contributed by atoms with van der Waals surface area (Å²) in [5, 5.41) is 3.07. The molecule has 112 valence electrons. The average Bonchev–Trinajstić information content (AvgIpc) is 2.56. The molecule has 23 heavy (non-hydrogen) atoms. The highest BCUT2D eigenvalue weighted by molar-refractivity contribution is 5.75.